The third kappa shape index (κ3) is 3.01. The third-order valence-corrected chi connectivity index (χ3v) is 5.96. The molecule has 1 aromatic carbocycles. The van der Waals surface area contributed by atoms with Crippen molar-refractivity contribution in [2.24, 2.45) is 5.92 Å². The molecule has 1 aromatic rings. The largest absolute Gasteiger partial charge is 0.300 e. The number of nitrogens with zero attached hydrogens (tertiary/aromatic N) is 1. The van der Waals surface area contributed by atoms with Gasteiger partial charge >= 0.3 is 0 Å². The maximum Gasteiger partial charge on any atom is 0.267 e. The summed E-state index contributed by atoms with van der Waals surface area (Å²) < 4.78 is 27.1. The van der Waals surface area contributed by atoms with Crippen molar-refractivity contribution in [3.8, 4) is 0 Å². The highest BCUT2D eigenvalue weighted by atomic mass is 32.2. The minimum atomic E-state index is -3.86. The maximum absolute atomic E-state index is 13.0. The van der Waals surface area contributed by atoms with Gasteiger partial charge in [-0.15, -0.1) is 0 Å². The van der Waals surface area contributed by atoms with Crippen molar-refractivity contribution < 1.29 is 13.2 Å². The molecule has 0 unspecified atom stereocenters. The molecule has 0 saturated carbocycles. The van der Waals surface area contributed by atoms with Gasteiger partial charge in [-0.25, -0.2) is 12.7 Å². The molecule has 0 bridgehead atoms. The van der Waals surface area contributed by atoms with Gasteiger partial charge in [-0.2, -0.15) is 0 Å². The van der Waals surface area contributed by atoms with Crippen LogP contribution in [0.5, 0.6) is 0 Å². The number of hydrogen-bond donors (Lipinski definition) is 1. The van der Waals surface area contributed by atoms with Crippen LogP contribution < -0.4 is 5.32 Å². The van der Waals surface area contributed by atoms with Gasteiger partial charge in [0.25, 0.3) is 10.0 Å². The minimum absolute atomic E-state index is 0.0449. The van der Waals surface area contributed by atoms with Crippen LogP contribution in [0.25, 0.3) is 0 Å². The van der Waals surface area contributed by atoms with Crippen LogP contribution in [0.4, 0.5) is 0 Å². The number of rotatable bonds is 4. The van der Waals surface area contributed by atoms with Gasteiger partial charge in [0.05, 0.1) is 4.90 Å². The predicted molar refractivity (Wildman–Crippen MR) is 88.9 cm³/mol. The number of aryl methyl sites for hydroxylation is 2. The van der Waals surface area contributed by atoms with Crippen molar-refractivity contribution in [2.45, 2.75) is 45.1 Å². The molecule has 7 heteroatoms. The Morgan fingerprint density at radius 3 is 2.55 bits per heavy atom. The van der Waals surface area contributed by atoms with Gasteiger partial charge < -0.3 is 5.32 Å². The zero-order chi connectivity index (χ0) is 16.7. The predicted octanol–water partition coefficient (Wildman–Crippen LogP) is 2.12. The minimum Gasteiger partial charge on any atom is -0.300 e. The van der Waals surface area contributed by atoms with E-state index in [-0.39, 0.29) is 21.8 Å². The normalized spacial score (nSPS) is 19.0. The lowest BCUT2D eigenvalue weighted by molar-refractivity contribution is -0.121. The van der Waals surface area contributed by atoms with Crippen molar-refractivity contribution in [1.29, 1.82) is 0 Å². The average molecular weight is 340 g/mol. The molecule has 22 heavy (non-hydrogen) atoms. The van der Waals surface area contributed by atoms with E-state index >= 15 is 0 Å². The monoisotopic (exact) mass is 340 g/mol. The highest BCUT2D eigenvalue weighted by Gasteiger charge is 2.44. The molecule has 0 aromatic heterocycles. The van der Waals surface area contributed by atoms with Crippen LogP contribution >= 0.6 is 12.2 Å². The SMILES string of the molecule is Cc1ccc(C)c(S(=O)(=O)N2C(=S)NC(=O)[C@@H]2CC(C)C)c1. The second kappa shape index (κ2) is 5.96. The van der Waals surface area contributed by atoms with E-state index in [9.17, 15) is 13.2 Å². The lowest BCUT2D eigenvalue weighted by Gasteiger charge is -2.25. The van der Waals surface area contributed by atoms with Gasteiger partial charge in [-0.3, -0.25) is 4.79 Å². The molecule has 120 valence electrons. The Morgan fingerprint density at radius 2 is 1.95 bits per heavy atom. The number of hydrogen-bond acceptors (Lipinski definition) is 4. The Hall–Kier alpha value is -1.47. The summed E-state index contributed by atoms with van der Waals surface area (Å²) in [7, 11) is -3.86. The fourth-order valence-electron chi connectivity index (χ4n) is 2.51. The number of carbonyl (C=O) groups excluding carboxylic acids is 1. The molecule has 1 N–H and O–H groups in total. The van der Waals surface area contributed by atoms with Crippen LogP contribution in [0, 0.1) is 19.8 Å². The van der Waals surface area contributed by atoms with Crippen molar-refractivity contribution in [3.05, 3.63) is 29.3 Å². The lowest BCUT2D eigenvalue weighted by Crippen LogP contribution is -2.41. The van der Waals surface area contributed by atoms with E-state index < -0.39 is 16.1 Å². The molecular weight excluding hydrogens is 320 g/mol. The molecule has 2 rings (SSSR count). The second-order valence-corrected chi connectivity index (χ2v) is 8.18. The molecule has 0 spiro atoms. The maximum atomic E-state index is 13.0. The standard InChI is InChI=1S/C15H20N2O3S2/c1-9(2)7-12-14(18)16-15(21)17(12)22(19,20)13-8-10(3)5-6-11(13)4/h5-6,8-9,12H,7H2,1-4H3,(H,16,18,21)/t12-/m0/s1. The summed E-state index contributed by atoms with van der Waals surface area (Å²) in [4.78, 5) is 12.3. The van der Waals surface area contributed by atoms with Crippen molar-refractivity contribution in [1.82, 2.24) is 9.62 Å². The Labute approximate surface area is 136 Å². The van der Waals surface area contributed by atoms with E-state index in [0.29, 0.717) is 12.0 Å². The first kappa shape index (κ1) is 16.9. The van der Waals surface area contributed by atoms with E-state index in [4.69, 9.17) is 12.2 Å². The van der Waals surface area contributed by atoms with E-state index in [1.807, 2.05) is 26.8 Å². The molecule has 1 saturated heterocycles. The molecule has 5 nitrogen and oxygen atoms in total. The van der Waals surface area contributed by atoms with Crippen LogP contribution in [0.2, 0.25) is 0 Å². The molecule has 1 amide bonds. The molecule has 1 heterocycles. The van der Waals surface area contributed by atoms with Crippen LogP contribution in [0.15, 0.2) is 23.1 Å². The first-order valence-electron chi connectivity index (χ1n) is 7.11. The number of nitrogens with one attached hydrogen (secondary N) is 1. The summed E-state index contributed by atoms with van der Waals surface area (Å²) in [6.07, 6.45) is 0.427. The summed E-state index contributed by atoms with van der Waals surface area (Å²) in [6, 6.07) is 4.44. The van der Waals surface area contributed by atoms with Crippen molar-refractivity contribution in [2.75, 3.05) is 0 Å². The summed E-state index contributed by atoms with van der Waals surface area (Å²) in [5, 5.41) is 2.43. The molecular formula is C15H20N2O3S2. The third-order valence-electron chi connectivity index (χ3n) is 3.59. The van der Waals surface area contributed by atoms with Gasteiger partial charge in [0, 0.05) is 0 Å². The molecule has 0 radical (unpaired) electrons. The number of carbonyl (C=O) groups is 1. The lowest BCUT2D eigenvalue weighted by atomic mass is 10.0. The van der Waals surface area contributed by atoms with Crippen molar-refractivity contribution >= 4 is 33.3 Å². The average Bonchev–Trinajstić information content (AvgIpc) is 2.66. The molecule has 1 atom stereocenters. The second-order valence-electron chi connectivity index (χ2n) is 6.01. The van der Waals surface area contributed by atoms with Crippen LogP contribution in [-0.2, 0) is 14.8 Å². The van der Waals surface area contributed by atoms with Crippen LogP contribution in [0.1, 0.15) is 31.4 Å². The Bertz CT molecular complexity index is 726. The van der Waals surface area contributed by atoms with E-state index in [2.05, 4.69) is 5.32 Å². The number of sulfonamides is 1. The summed E-state index contributed by atoms with van der Waals surface area (Å²) in [6.45, 7) is 7.45. The van der Waals surface area contributed by atoms with Crippen LogP contribution in [-0.4, -0.2) is 29.8 Å². The first-order chi connectivity index (χ1) is 10.1. The number of amides is 1. The van der Waals surface area contributed by atoms with Crippen LogP contribution in [0.3, 0.4) is 0 Å². The molecule has 1 fully saturated rings. The highest BCUT2D eigenvalue weighted by Crippen LogP contribution is 2.28. The summed E-state index contributed by atoms with van der Waals surface area (Å²) in [5.41, 5.74) is 1.48. The van der Waals surface area contributed by atoms with Gasteiger partial charge in [0.1, 0.15) is 6.04 Å². The Balaban J connectivity index is 2.53. The van der Waals surface area contributed by atoms with E-state index in [1.54, 1.807) is 19.1 Å². The van der Waals surface area contributed by atoms with E-state index in [0.717, 1.165) is 9.87 Å². The van der Waals surface area contributed by atoms with Gasteiger partial charge in [0.15, 0.2) is 5.11 Å². The summed E-state index contributed by atoms with van der Waals surface area (Å²) in [5.74, 6) is -0.180. The fraction of sp³-hybridized carbons (Fsp3) is 0.467. The zero-order valence-electron chi connectivity index (χ0n) is 13.1. The van der Waals surface area contributed by atoms with Gasteiger partial charge in [0.2, 0.25) is 5.91 Å². The van der Waals surface area contributed by atoms with Crippen molar-refractivity contribution in [3.63, 3.8) is 0 Å². The highest BCUT2D eigenvalue weighted by molar-refractivity contribution is 7.91. The van der Waals surface area contributed by atoms with Gasteiger partial charge in [-0.05, 0) is 55.6 Å². The molecule has 1 aliphatic rings. The molecule has 1 aliphatic heterocycles. The number of thiocarbonyl (C=S) groups is 1. The zero-order valence-corrected chi connectivity index (χ0v) is 14.7. The molecule has 0 aliphatic carbocycles. The first-order valence-corrected chi connectivity index (χ1v) is 8.96. The Kier molecular flexibility index (Phi) is 4.58. The topological polar surface area (TPSA) is 66.5 Å². The summed E-state index contributed by atoms with van der Waals surface area (Å²) >= 11 is 5.09. The smallest absolute Gasteiger partial charge is 0.267 e. The van der Waals surface area contributed by atoms with Gasteiger partial charge in [-0.1, -0.05) is 26.0 Å². The number of benzene rings is 1. The quantitative estimate of drug-likeness (QED) is 0.853. The fourth-order valence-corrected chi connectivity index (χ4v) is 4.83. The Morgan fingerprint density at radius 1 is 1.32 bits per heavy atom. The van der Waals surface area contributed by atoms with E-state index in [1.165, 1.54) is 0 Å².